The zero-order valence-corrected chi connectivity index (χ0v) is 11.2. The third-order valence-electron chi connectivity index (χ3n) is 3.33. The van der Waals surface area contributed by atoms with Gasteiger partial charge in [0.15, 0.2) is 0 Å². The van der Waals surface area contributed by atoms with Gasteiger partial charge in [-0.15, -0.1) is 0 Å². The topological polar surface area (TPSA) is 55.1 Å². The third kappa shape index (κ3) is 4.28. The van der Waals surface area contributed by atoms with Crippen LogP contribution in [0.3, 0.4) is 0 Å². The second-order valence-electron chi connectivity index (χ2n) is 4.57. The van der Waals surface area contributed by atoms with Gasteiger partial charge in [0.2, 0.25) is 0 Å². The summed E-state index contributed by atoms with van der Waals surface area (Å²) < 4.78 is 26.3. The molecule has 0 aliphatic rings. The van der Waals surface area contributed by atoms with Gasteiger partial charge in [-0.3, -0.25) is 4.79 Å². The quantitative estimate of drug-likeness (QED) is 0.834. The summed E-state index contributed by atoms with van der Waals surface area (Å²) in [4.78, 5) is 11.7. The van der Waals surface area contributed by atoms with Crippen LogP contribution in [0.2, 0.25) is 0 Å². The molecule has 0 saturated heterocycles. The second kappa shape index (κ2) is 7.19. The molecule has 0 saturated carbocycles. The minimum Gasteiger partial charge on any atom is -0.350 e. The van der Waals surface area contributed by atoms with Crippen LogP contribution < -0.4 is 11.1 Å². The van der Waals surface area contributed by atoms with Gasteiger partial charge in [0.25, 0.3) is 5.91 Å². The first kappa shape index (κ1) is 15.6. The maximum Gasteiger partial charge on any atom is 0.254 e. The maximum absolute atomic E-state index is 13.4. The van der Waals surface area contributed by atoms with Gasteiger partial charge in [-0.25, -0.2) is 8.78 Å². The van der Waals surface area contributed by atoms with Gasteiger partial charge in [-0.1, -0.05) is 26.7 Å². The van der Waals surface area contributed by atoms with E-state index in [0.29, 0.717) is 5.92 Å². The van der Waals surface area contributed by atoms with Crippen molar-refractivity contribution >= 4 is 5.91 Å². The molecule has 0 spiro atoms. The maximum atomic E-state index is 13.4. The number of rotatable bonds is 6. The molecule has 3 N–H and O–H groups in total. The number of amides is 1. The van der Waals surface area contributed by atoms with Crippen LogP contribution in [0.5, 0.6) is 0 Å². The molecule has 5 heteroatoms. The number of carbonyl (C=O) groups is 1. The van der Waals surface area contributed by atoms with Crippen molar-refractivity contribution in [2.45, 2.75) is 32.7 Å². The summed E-state index contributed by atoms with van der Waals surface area (Å²) in [5, 5.41) is 2.55. The molecule has 0 fully saturated rings. The smallest absolute Gasteiger partial charge is 0.254 e. The molecule has 0 radical (unpaired) electrons. The van der Waals surface area contributed by atoms with Crippen LogP contribution in [-0.4, -0.2) is 18.5 Å². The average molecular weight is 270 g/mol. The van der Waals surface area contributed by atoms with Gasteiger partial charge >= 0.3 is 0 Å². The molecule has 1 aromatic carbocycles. The molecule has 0 aliphatic carbocycles. The standard InChI is InChI=1S/C14H20F2N2O/c1-3-9(4-2)13(17)8-18-14(19)11-7-10(15)5-6-12(11)16/h5-7,9,13H,3-4,8,17H2,1-2H3,(H,18,19). The van der Waals surface area contributed by atoms with Crippen molar-refractivity contribution in [3.8, 4) is 0 Å². The monoisotopic (exact) mass is 270 g/mol. The molecule has 3 nitrogen and oxygen atoms in total. The lowest BCUT2D eigenvalue weighted by Gasteiger charge is -2.21. The molecule has 1 amide bonds. The summed E-state index contributed by atoms with van der Waals surface area (Å²) in [6, 6.07) is 2.61. The van der Waals surface area contributed by atoms with E-state index in [1.807, 2.05) is 13.8 Å². The lowest BCUT2D eigenvalue weighted by molar-refractivity contribution is 0.0943. The molecule has 0 aromatic heterocycles. The van der Waals surface area contributed by atoms with Crippen molar-refractivity contribution in [3.63, 3.8) is 0 Å². The molecule has 0 bridgehead atoms. The highest BCUT2D eigenvalue weighted by Gasteiger charge is 2.17. The van der Waals surface area contributed by atoms with Crippen molar-refractivity contribution in [2.75, 3.05) is 6.54 Å². The number of carbonyl (C=O) groups excluding carboxylic acids is 1. The van der Waals surface area contributed by atoms with E-state index in [1.165, 1.54) is 0 Å². The first-order chi connectivity index (χ1) is 8.99. The van der Waals surface area contributed by atoms with Crippen LogP contribution in [0, 0.1) is 17.6 Å². The number of hydrogen-bond donors (Lipinski definition) is 2. The fourth-order valence-electron chi connectivity index (χ4n) is 2.04. The van der Waals surface area contributed by atoms with Gasteiger partial charge in [-0.05, 0) is 24.1 Å². The van der Waals surface area contributed by atoms with Crippen molar-refractivity contribution in [2.24, 2.45) is 11.7 Å². The lowest BCUT2D eigenvalue weighted by Crippen LogP contribution is -2.42. The predicted molar refractivity (Wildman–Crippen MR) is 70.7 cm³/mol. The summed E-state index contributed by atoms with van der Waals surface area (Å²) in [5.74, 6) is -1.72. The Balaban J connectivity index is 2.63. The number of benzene rings is 1. The molecule has 106 valence electrons. The van der Waals surface area contributed by atoms with E-state index in [-0.39, 0.29) is 18.2 Å². The molecular weight excluding hydrogens is 250 g/mol. The number of hydrogen-bond acceptors (Lipinski definition) is 2. The van der Waals surface area contributed by atoms with Gasteiger partial charge in [0.05, 0.1) is 5.56 Å². The summed E-state index contributed by atoms with van der Waals surface area (Å²) in [6.45, 7) is 4.31. The zero-order chi connectivity index (χ0) is 14.4. The predicted octanol–water partition coefficient (Wildman–Crippen LogP) is 2.46. The van der Waals surface area contributed by atoms with E-state index in [0.717, 1.165) is 31.0 Å². The molecule has 1 atom stereocenters. The molecular formula is C14H20F2N2O. The first-order valence-electron chi connectivity index (χ1n) is 6.48. The average Bonchev–Trinajstić information content (AvgIpc) is 2.40. The van der Waals surface area contributed by atoms with Crippen LogP contribution in [-0.2, 0) is 0 Å². The van der Waals surface area contributed by atoms with E-state index in [1.54, 1.807) is 0 Å². The SMILES string of the molecule is CCC(CC)C(N)CNC(=O)c1cc(F)ccc1F. The van der Waals surface area contributed by atoms with Crippen molar-refractivity contribution < 1.29 is 13.6 Å². The Morgan fingerprint density at radius 1 is 1.32 bits per heavy atom. The summed E-state index contributed by atoms with van der Waals surface area (Å²) >= 11 is 0. The largest absolute Gasteiger partial charge is 0.350 e. The van der Waals surface area contributed by atoms with Gasteiger partial charge in [-0.2, -0.15) is 0 Å². The van der Waals surface area contributed by atoms with Crippen LogP contribution in [0.1, 0.15) is 37.0 Å². The minimum atomic E-state index is -0.741. The molecule has 1 unspecified atom stereocenters. The Morgan fingerprint density at radius 2 is 1.95 bits per heavy atom. The summed E-state index contributed by atoms with van der Waals surface area (Å²) in [5.41, 5.74) is 5.66. The lowest BCUT2D eigenvalue weighted by atomic mass is 9.95. The third-order valence-corrected chi connectivity index (χ3v) is 3.33. The minimum absolute atomic E-state index is 0.185. The Kier molecular flexibility index (Phi) is 5.89. The molecule has 1 aromatic rings. The number of halogens is 2. The first-order valence-corrected chi connectivity index (χ1v) is 6.48. The summed E-state index contributed by atoms with van der Waals surface area (Å²) in [7, 11) is 0. The van der Waals surface area contributed by atoms with Crippen LogP contribution >= 0.6 is 0 Å². The second-order valence-corrected chi connectivity index (χ2v) is 4.57. The zero-order valence-electron chi connectivity index (χ0n) is 11.2. The molecule has 1 rings (SSSR count). The van der Waals surface area contributed by atoms with Crippen molar-refractivity contribution in [1.82, 2.24) is 5.32 Å². The van der Waals surface area contributed by atoms with Crippen LogP contribution in [0.4, 0.5) is 8.78 Å². The molecule has 0 aliphatic heterocycles. The van der Waals surface area contributed by atoms with E-state index in [4.69, 9.17) is 5.73 Å². The van der Waals surface area contributed by atoms with Gasteiger partial charge < -0.3 is 11.1 Å². The van der Waals surface area contributed by atoms with Crippen LogP contribution in [0.15, 0.2) is 18.2 Å². The van der Waals surface area contributed by atoms with E-state index in [9.17, 15) is 13.6 Å². The Morgan fingerprint density at radius 3 is 2.53 bits per heavy atom. The van der Waals surface area contributed by atoms with Crippen LogP contribution in [0.25, 0.3) is 0 Å². The summed E-state index contributed by atoms with van der Waals surface area (Å²) in [6.07, 6.45) is 1.84. The highest BCUT2D eigenvalue weighted by atomic mass is 19.1. The normalized spacial score (nSPS) is 12.5. The van der Waals surface area contributed by atoms with Gasteiger partial charge in [0.1, 0.15) is 11.6 Å². The number of nitrogens with two attached hydrogens (primary N) is 1. The van der Waals surface area contributed by atoms with Crippen molar-refractivity contribution in [3.05, 3.63) is 35.4 Å². The van der Waals surface area contributed by atoms with E-state index >= 15 is 0 Å². The molecule has 0 heterocycles. The van der Waals surface area contributed by atoms with E-state index in [2.05, 4.69) is 5.32 Å². The highest BCUT2D eigenvalue weighted by molar-refractivity contribution is 5.94. The fraction of sp³-hybridized carbons (Fsp3) is 0.500. The Bertz CT molecular complexity index is 433. The Labute approximate surface area is 112 Å². The number of nitrogens with one attached hydrogen (secondary N) is 1. The highest BCUT2D eigenvalue weighted by Crippen LogP contribution is 2.12. The van der Waals surface area contributed by atoms with Crippen molar-refractivity contribution in [1.29, 1.82) is 0 Å². The van der Waals surface area contributed by atoms with Gasteiger partial charge in [0, 0.05) is 12.6 Å². The van der Waals surface area contributed by atoms with E-state index < -0.39 is 17.5 Å². The Hall–Kier alpha value is -1.49. The fourth-order valence-corrected chi connectivity index (χ4v) is 2.04. The molecule has 19 heavy (non-hydrogen) atoms.